The normalized spacial score (nSPS) is 10.6. The number of aryl methyl sites for hydroxylation is 1. The second kappa shape index (κ2) is 5.36. The fourth-order valence-electron chi connectivity index (χ4n) is 2.33. The highest BCUT2D eigenvalue weighted by Crippen LogP contribution is 2.31. The molecule has 0 saturated heterocycles. The Morgan fingerprint density at radius 3 is 2.37 bits per heavy atom. The van der Waals surface area contributed by atoms with Crippen molar-refractivity contribution in [1.82, 2.24) is 4.57 Å². The highest BCUT2D eigenvalue weighted by molar-refractivity contribution is 5.54. The molecule has 0 spiro atoms. The molecule has 0 bridgehead atoms. The number of aliphatic hydroxyl groups excluding tert-OH is 1. The number of aliphatic hydroxyl groups is 1. The lowest BCUT2D eigenvalue weighted by molar-refractivity contribution is 0.281. The van der Waals surface area contributed by atoms with Crippen LogP contribution in [0, 0.1) is 13.8 Å². The number of benzene rings is 1. The summed E-state index contributed by atoms with van der Waals surface area (Å²) in [5.41, 5.74) is 3.89. The van der Waals surface area contributed by atoms with Crippen molar-refractivity contribution in [3.63, 3.8) is 0 Å². The molecule has 0 aliphatic heterocycles. The molecule has 1 aromatic carbocycles. The van der Waals surface area contributed by atoms with E-state index in [1.807, 2.05) is 38.1 Å². The molecule has 0 saturated carbocycles. The zero-order chi connectivity index (χ0) is 14.0. The van der Waals surface area contributed by atoms with E-state index in [2.05, 4.69) is 4.57 Å². The van der Waals surface area contributed by atoms with E-state index in [0.717, 1.165) is 34.1 Å². The van der Waals surface area contributed by atoms with Crippen LogP contribution in [0.1, 0.15) is 17.0 Å². The summed E-state index contributed by atoms with van der Waals surface area (Å²) >= 11 is 0. The number of rotatable bonds is 4. The summed E-state index contributed by atoms with van der Waals surface area (Å²) in [5.74, 6) is 1.54. The van der Waals surface area contributed by atoms with E-state index in [9.17, 15) is 5.11 Å². The number of aromatic nitrogens is 1. The predicted molar refractivity (Wildman–Crippen MR) is 74.3 cm³/mol. The monoisotopic (exact) mass is 261 g/mol. The third kappa shape index (κ3) is 2.31. The standard InChI is InChI=1S/C15H19NO3/c1-10-7-12(9-17)11(2)16(10)14-8-13(18-3)5-6-15(14)19-4/h5-8,17H,9H2,1-4H3. The van der Waals surface area contributed by atoms with E-state index in [-0.39, 0.29) is 6.61 Å². The average molecular weight is 261 g/mol. The first-order valence-electron chi connectivity index (χ1n) is 6.13. The first kappa shape index (κ1) is 13.5. The lowest BCUT2D eigenvalue weighted by atomic mass is 10.2. The van der Waals surface area contributed by atoms with Crippen molar-refractivity contribution in [1.29, 1.82) is 0 Å². The SMILES string of the molecule is COc1ccc(OC)c(-n2c(C)cc(CO)c2C)c1. The van der Waals surface area contributed by atoms with Gasteiger partial charge in [0.05, 0.1) is 26.5 Å². The highest BCUT2D eigenvalue weighted by atomic mass is 16.5. The van der Waals surface area contributed by atoms with Crippen LogP contribution in [0.4, 0.5) is 0 Å². The molecule has 4 nitrogen and oxygen atoms in total. The molecule has 0 unspecified atom stereocenters. The Morgan fingerprint density at radius 1 is 1.11 bits per heavy atom. The van der Waals surface area contributed by atoms with Crippen LogP contribution in [0.2, 0.25) is 0 Å². The molecule has 1 aromatic heterocycles. The summed E-state index contributed by atoms with van der Waals surface area (Å²) in [7, 11) is 3.28. The van der Waals surface area contributed by atoms with Gasteiger partial charge in [0.1, 0.15) is 11.5 Å². The van der Waals surface area contributed by atoms with E-state index >= 15 is 0 Å². The van der Waals surface area contributed by atoms with Crippen LogP contribution in [0.5, 0.6) is 11.5 Å². The summed E-state index contributed by atoms with van der Waals surface area (Å²) in [4.78, 5) is 0. The molecular weight excluding hydrogens is 242 g/mol. The summed E-state index contributed by atoms with van der Waals surface area (Å²) in [6, 6.07) is 7.66. The Morgan fingerprint density at radius 2 is 1.84 bits per heavy atom. The average Bonchev–Trinajstić information content (AvgIpc) is 2.72. The number of ether oxygens (including phenoxy) is 2. The topological polar surface area (TPSA) is 43.6 Å². The second-order valence-electron chi connectivity index (χ2n) is 4.43. The lowest BCUT2D eigenvalue weighted by Gasteiger charge is -2.15. The van der Waals surface area contributed by atoms with Crippen molar-refractivity contribution >= 4 is 0 Å². The fraction of sp³-hybridized carbons (Fsp3) is 0.333. The minimum Gasteiger partial charge on any atom is -0.497 e. The maximum absolute atomic E-state index is 9.36. The van der Waals surface area contributed by atoms with Crippen LogP contribution >= 0.6 is 0 Å². The van der Waals surface area contributed by atoms with Crippen LogP contribution < -0.4 is 9.47 Å². The van der Waals surface area contributed by atoms with E-state index in [4.69, 9.17) is 9.47 Å². The van der Waals surface area contributed by atoms with Gasteiger partial charge < -0.3 is 19.1 Å². The third-order valence-corrected chi connectivity index (χ3v) is 3.33. The molecule has 0 radical (unpaired) electrons. The summed E-state index contributed by atoms with van der Waals surface area (Å²) in [5, 5.41) is 9.36. The van der Waals surface area contributed by atoms with Crippen LogP contribution in [0.15, 0.2) is 24.3 Å². The van der Waals surface area contributed by atoms with E-state index in [0.29, 0.717) is 0 Å². The van der Waals surface area contributed by atoms with E-state index in [1.54, 1.807) is 14.2 Å². The number of methoxy groups -OCH3 is 2. The van der Waals surface area contributed by atoms with Crippen molar-refractivity contribution < 1.29 is 14.6 Å². The van der Waals surface area contributed by atoms with E-state index in [1.165, 1.54) is 0 Å². The quantitative estimate of drug-likeness (QED) is 0.920. The Bertz CT molecular complexity index is 587. The Labute approximate surface area is 113 Å². The molecule has 1 N–H and O–H groups in total. The van der Waals surface area contributed by atoms with Gasteiger partial charge in [0.15, 0.2) is 0 Å². The van der Waals surface area contributed by atoms with Gasteiger partial charge in [-0.2, -0.15) is 0 Å². The van der Waals surface area contributed by atoms with Crippen molar-refractivity contribution in [3.8, 4) is 17.2 Å². The van der Waals surface area contributed by atoms with Gasteiger partial charge in [0.25, 0.3) is 0 Å². The number of nitrogens with zero attached hydrogens (tertiary/aromatic N) is 1. The smallest absolute Gasteiger partial charge is 0.143 e. The molecule has 4 heteroatoms. The van der Waals surface area contributed by atoms with Crippen molar-refractivity contribution in [3.05, 3.63) is 41.2 Å². The largest absolute Gasteiger partial charge is 0.497 e. The highest BCUT2D eigenvalue weighted by Gasteiger charge is 2.14. The summed E-state index contributed by atoms with van der Waals surface area (Å²) in [6.45, 7) is 4.02. The van der Waals surface area contributed by atoms with Gasteiger partial charge in [-0.15, -0.1) is 0 Å². The summed E-state index contributed by atoms with van der Waals surface area (Å²) < 4.78 is 12.7. The molecule has 0 atom stereocenters. The Kier molecular flexibility index (Phi) is 3.81. The molecule has 1 heterocycles. The minimum atomic E-state index is 0.0337. The second-order valence-corrected chi connectivity index (χ2v) is 4.43. The van der Waals surface area contributed by atoms with Crippen molar-refractivity contribution in [2.24, 2.45) is 0 Å². The molecule has 2 aromatic rings. The first-order chi connectivity index (χ1) is 9.12. The van der Waals surface area contributed by atoms with Gasteiger partial charge in [-0.1, -0.05) is 0 Å². The van der Waals surface area contributed by atoms with Crippen LogP contribution in [0.3, 0.4) is 0 Å². The zero-order valence-electron chi connectivity index (χ0n) is 11.7. The van der Waals surface area contributed by atoms with Gasteiger partial charge in [-0.25, -0.2) is 0 Å². The predicted octanol–water partition coefficient (Wildman–Crippen LogP) is 2.60. The Hall–Kier alpha value is -1.94. The van der Waals surface area contributed by atoms with Gasteiger partial charge in [-0.3, -0.25) is 0 Å². The third-order valence-electron chi connectivity index (χ3n) is 3.33. The molecule has 0 amide bonds. The molecular formula is C15H19NO3. The van der Waals surface area contributed by atoms with Crippen LogP contribution in [-0.2, 0) is 6.61 Å². The maximum atomic E-state index is 9.36. The van der Waals surface area contributed by atoms with E-state index < -0.39 is 0 Å². The number of hydrogen-bond acceptors (Lipinski definition) is 3. The summed E-state index contributed by atoms with van der Waals surface area (Å²) in [6.07, 6.45) is 0. The molecule has 0 aliphatic rings. The fourth-order valence-corrected chi connectivity index (χ4v) is 2.33. The molecule has 102 valence electrons. The zero-order valence-corrected chi connectivity index (χ0v) is 11.7. The van der Waals surface area contributed by atoms with Gasteiger partial charge >= 0.3 is 0 Å². The van der Waals surface area contributed by atoms with Crippen LogP contribution in [0.25, 0.3) is 5.69 Å². The van der Waals surface area contributed by atoms with Crippen molar-refractivity contribution in [2.75, 3.05) is 14.2 Å². The Balaban J connectivity index is 2.66. The van der Waals surface area contributed by atoms with Gasteiger partial charge in [-0.05, 0) is 37.6 Å². The first-order valence-corrected chi connectivity index (χ1v) is 6.13. The van der Waals surface area contributed by atoms with Crippen molar-refractivity contribution in [2.45, 2.75) is 20.5 Å². The molecule has 0 fully saturated rings. The van der Waals surface area contributed by atoms with Gasteiger partial charge in [0, 0.05) is 17.5 Å². The molecule has 19 heavy (non-hydrogen) atoms. The van der Waals surface area contributed by atoms with Crippen LogP contribution in [-0.4, -0.2) is 23.9 Å². The number of hydrogen-bond donors (Lipinski definition) is 1. The lowest BCUT2D eigenvalue weighted by Crippen LogP contribution is -2.03. The maximum Gasteiger partial charge on any atom is 0.143 e. The minimum absolute atomic E-state index is 0.0337. The molecule has 2 rings (SSSR count). The molecule has 0 aliphatic carbocycles. The van der Waals surface area contributed by atoms with Gasteiger partial charge in [0.2, 0.25) is 0 Å².